The Kier molecular flexibility index (Phi) is 6.24. The molecule has 0 spiro atoms. The zero-order valence-electron chi connectivity index (χ0n) is 13.0. The maximum absolute atomic E-state index is 13.4. The van der Waals surface area contributed by atoms with Crippen LogP contribution in [-0.2, 0) is 11.3 Å². The van der Waals surface area contributed by atoms with E-state index in [-0.39, 0.29) is 30.4 Å². The lowest BCUT2D eigenvalue weighted by molar-refractivity contribution is -0.384. The number of hydrogen-bond acceptors (Lipinski definition) is 4. The van der Waals surface area contributed by atoms with Crippen molar-refractivity contribution in [3.8, 4) is 0 Å². The van der Waals surface area contributed by atoms with Crippen molar-refractivity contribution in [1.82, 2.24) is 5.32 Å². The number of carbonyl (C=O) groups excluding carboxylic acids is 1. The van der Waals surface area contributed by atoms with E-state index in [0.717, 1.165) is 0 Å². The second-order valence-corrected chi connectivity index (χ2v) is 5.17. The van der Waals surface area contributed by atoms with Gasteiger partial charge in [0.05, 0.1) is 4.92 Å². The summed E-state index contributed by atoms with van der Waals surface area (Å²) >= 11 is 0. The molecule has 6 nitrogen and oxygen atoms in total. The number of nitro benzene ring substituents is 1. The lowest BCUT2D eigenvalue weighted by atomic mass is 10.2. The molecule has 7 heteroatoms. The highest BCUT2D eigenvalue weighted by atomic mass is 19.1. The first-order valence-corrected chi connectivity index (χ1v) is 7.55. The van der Waals surface area contributed by atoms with Crippen LogP contribution in [0, 0.1) is 15.9 Å². The number of para-hydroxylation sites is 2. The smallest absolute Gasteiger partial charge is 0.292 e. The third-order valence-electron chi connectivity index (χ3n) is 3.43. The predicted molar refractivity (Wildman–Crippen MR) is 89.1 cm³/mol. The molecule has 126 valence electrons. The molecule has 0 aliphatic rings. The van der Waals surface area contributed by atoms with Gasteiger partial charge in [0.25, 0.3) is 5.69 Å². The van der Waals surface area contributed by atoms with E-state index in [4.69, 9.17) is 0 Å². The maximum Gasteiger partial charge on any atom is 0.292 e. The molecule has 0 saturated carbocycles. The summed E-state index contributed by atoms with van der Waals surface area (Å²) in [6, 6.07) is 12.6. The van der Waals surface area contributed by atoms with Crippen LogP contribution >= 0.6 is 0 Å². The molecule has 2 N–H and O–H groups in total. The minimum Gasteiger partial charge on any atom is -0.379 e. The maximum atomic E-state index is 13.4. The van der Waals surface area contributed by atoms with Crippen LogP contribution in [0.3, 0.4) is 0 Å². The molecule has 0 aromatic heterocycles. The predicted octanol–water partition coefficient (Wildman–Crippen LogP) is 3.24. The normalized spacial score (nSPS) is 10.2. The van der Waals surface area contributed by atoms with Gasteiger partial charge in [0.1, 0.15) is 11.5 Å². The van der Waals surface area contributed by atoms with E-state index >= 15 is 0 Å². The molecule has 0 fully saturated rings. The number of rotatable bonds is 8. The van der Waals surface area contributed by atoms with Crippen molar-refractivity contribution in [1.29, 1.82) is 0 Å². The van der Waals surface area contributed by atoms with E-state index in [1.54, 1.807) is 36.4 Å². The highest BCUT2D eigenvalue weighted by Crippen LogP contribution is 2.22. The fourth-order valence-electron chi connectivity index (χ4n) is 2.18. The highest BCUT2D eigenvalue weighted by molar-refractivity contribution is 5.75. The van der Waals surface area contributed by atoms with Crippen molar-refractivity contribution < 1.29 is 14.1 Å². The third-order valence-corrected chi connectivity index (χ3v) is 3.43. The van der Waals surface area contributed by atoms with Gasteiger partial charge in [0.15, 0.2) is 0 Å². The third kappa shape index (κ3) is 5.05. The van der Waals surface area contributed by atoms with Crippen molar-refractivity contribution >= 4 is 17.3 Å². The van der Waals surface area contributed by atoms with Crippen LogP contribution in [0.25, 0.3) is 0 Å². The van der Waals surface area contributed by atoms with Gasteiger partial charge in [-0.1, -0.05) is 30.3 Å². The molecule has 2 aromatic rings. The van der Waals surface area contributed by atoms with E-state index in [2.05, 4.69) is 10.6 Å². The van der Waals surface area contributed by atoms with Crippen LogP contribution in [0.5, 0.6) is 0 Å². The van der Waals surface area contributed by atoms with Crippen LogP contribution in [0.1, 0.15) is 18.4 Å². The summed E-state index contributed by atoms with van der Waals surface area (Å²) < 4.78 is 13.4. The Morgan fingerprint density at radius 3 is 2.58 bits per heavy atom. The molecular formula is C17H18FN3O3. The van der Waals surface area contributed by atoms with E-state index in [0.29, 0.717) is 24.2 Å². The largest absolute Gasteiger partial charge is 0.379 e. The Morgan fingerprint density at radius 2 is 1.83 bits per heavy atom. The summed E-state index contributed by atoms with van der Waals surface area (Å²) in [5, 5.41) is 16.5. The van der Waals surface area contributed by atoms with Crippen LogP contribution < -0.4 is 10.6 Å². The lowest BCUT2D eigenvalue weighted by Crippen LogP contribution is -2.23. The van der Waals surface area contributed by atoms with Crippen LogP contribution in [0.15, 0.2) is 48.5 Å². The van der Waals surface area contributed by atoms with Crippen LogP contribution in [-0.4, -0.2) is 17.4 Å². The van der Waals surface area contributed by atoms with Crippen molar-refractivity contribution in [3.63, 3.8) is 0 Å². The van der Waals surface area contributed by atoms with E-state index < -0.39 is 4.92 Å². The number of hydrogen-bond donors (Lipinski definition) is 2. The Bertz CT molecular complexity index is 722. The average molecular weight is 331 g/mol. The summed E-state index contributed by atoms with van der Waals surface area (Å²) in [6.07, 6.45) is 0.761. The van der Waals surface area contributed by atoms with Crippen molar-refractivity contribution in [3.05, 3.63) is 70.0 Å². The SMILES string of the molecule is O=C(CCCNc1ccccc1[N+](=O)[O-])NCc1ccccc1F. The van der Waals surface area contributed by atoms with Gasteiger partial charge in [-0.2, -0.15) is 0 Å². The highest BCUT2D eigenvalue weighted by Gasteiger charge is 2.11. The fraction of sp³-hybridized carbons (Fsp3) is 0.235. The number of amides is 1. The molecule has 0 saturated heterocycles. The lowest BCUT2D eigenvalue weighted by Gasteiger charge is -2.08. The Morgan fingerprint density at radius 1 is 1.12 bits per heavy atom. The first-order chi connectivity index (χ1) is 11.6. The second kappa shape index (κ2) is 8.61. The molecule has 0 aliphatic heterocycles. The monoisotopic (exact) mass is 331 g/mol. The first-order valence-electron chi connectivity index (χ1n) is 7.55. The first kappa shape index (κ1) is 17.4. The molecule has 1 amide bonds. The van der Waals surface area contributed by atoms with Gasteiger partial charge >= 0.3 is 0 Å². The molecule has 2 aromatic carbocycles. The number of nitro groups is 1. The number of nitrogens with one attached hydrogen (secondary N) is 2. The molecule has 0 radical (unpaired) electrons. The molecule has 2 rings (SSSR count). The molecule has 0 bridgehead atoms. The Labute approximate surface area is 138 Å². The summed E-state index contributed by atoms with van der Waals surface area (Å²) in [5.41, 5.74) is 0.861. The fourth-order valence-corrected chi connectivity index (χ4v) is 2.18. The van der Waals surface area contributed by atoms with Crippen LogP contribution in [0.4, 0.5) is 15.8 Å². The summed E-state index contributed by atoms with van der Waals surface area (Å²) in [4.78, 5) is 22.2. The molecule has 0 heterocycles. The number of halogens is 1. The number of anilines is 1. The Balaban J connectivity index is 1.72. The minimum absolute atomic E-state index is 0.00139. The van der Waals surface area contributed by atoms with Gasteiger partial charge in [-0.25, -0.2) is 4.39 Å². The van der Waals surface area contributed by atoms with Crippen molar-refractivity contribution in [2.24, 2.45) is 0 Å². The quantitative estimate of drug-likeness (QED) is 0.442. The summed E-state index contributed by atoms with van der Waals surface area (Å²) in [6.45, 7) is 0.570. The van der Waals surface area contributed by atoms with Gasteiger partial charge in [0, 0.05) is 31.1 Å². The van der Waals surface area contributed by atoms with Crippen LogP contribution in [0.2, 0.25) is 0 Å². The van der Waals surface area contributed by atoms with Gasteiger partial charge in [-0.15, -0.1) is 0 Å². The van der Waals surface area contributed by atoms with E-state index in [9.17, 15) is 19.3 Å². The van der Waals surface area contributed by atoms with E-state index in [1.807, 2.05) is 0 Å². The van der Waals surface area contributed by atoms with E-state index in [1.165, 1.54) is 12.1 Å². The van der Waals surface area contributed by atoms with Gasteiger partial charge < -0.3 is 10.6 Å². The molecule has 0 unspecified atom stereocenters. The standard InChI is InChI=1S/C17H18FN3O3/c18-14-7-2-1-6-13(14)12-20-17(22)10-5-11-19-15-8-3-4-9-16(15)21(23)24/h1-4,6-9,19H,5,10-12H2,(H,20,22). The molecule has 0 atom stereocenters. The van der Waals surface area contributed by atoms with Crippen molar-refractivity contribution in [2.75, 3.05) is 11.9 Å². The molecular weight excluding hydrogens is 313 g/mol. The molecule has 24 heavy (non-hydrogen) atoms. The summed E-state index contributed by atoms with van der Waals surface area (Å²) in [7, 11) is 0. The van der Waals surface area contributed by atoms with Gasteiger partial charge in [-0.05, 0) is 18.6 Å². The summed E-state index contributed by atoms with van der Waals surface area (Å²) in [5.74, 6) is -0.543. The Hall–Kier alpha value is -2.96. The topological polar surface area (TPSA) is 84.3 Å². The molecule has 0 aliphatic carbocycles. The van der Waals surface area contributed by atoms with Crippen molar-refractivity contribution in [2.45, 2.75) is 19.4 Å². The zero-order valence-corrected chi connectivity index (χ0v) is 13.0. The number of carbonyl (C=O) groups is 1. The zero-order chi connectivity index (χ0) is 17.4. The number of nitrogens with zero attached hydrogens (tertiary/aromatic N) is 1. The second-order valence-electron chi connectivity index (χ2n) is 5.17. The number of benzene rings is 2. The van der Waals surface area contributed by atoms with Gasteiger partial charge in [0.2, 0.25) is 5.91 Å². The average Bonchev–Trinajstić information content (AvgIpc) is 2.58. The van der Waals surface area contributed by atoms with Gasteiger partial charge in [-0.3, -0.25) is 14.9 Å². The minimum atomic E-state index is -0.455.